The molecule has 2 rings (SSSR count). The minimum Gasteiger partial charge on any atom is -0.0530 e. The van der Waals surface area contributed by atoms with Gasteiger partial charge in [-0.05, 0) is 31.1 Å². The molecule has 2 aliphatic carbocycles. The standard InChI is InChI=1S/C7H11/c1-2-4-7-5-6(7)3-1/h5-7H,1-4H2. The summed E-state index contributed by atoms with van der Waals surface area (Å²) in [5.74, 6) is 2.16. The Kier molecular flexibility index (Phi) is 0.697. The van der Waals surface area contributed by atoms with Gasteiger partial charge in [0.15, 0.2) is 0 Å². The third kappa shape index (κ3) is 0.568. The van der Waals surface area contributed by atoms with E-state index in [1.54, 1.807) is 0 Å². The van der Waals surface area contributed by atoms with Crippen LogP contribution in [-0.2, 0) is 0 Å². The molecule has 0 spiro atoms. The Balaban J connectivity index is 1.95. The molecule has 0 aliphatic heterocycles. The van der Waals surface area contributed by atoms with Crippen LogP contribution in [0.1, 0.15) is 25.7 Å². The zero-order valence-electron chi connectivity index (χ0n) is 4.56. The van der Waals surface area contributed by atoms with Crippen molar-refractivity contribution in [3.8, 4) is 0 Å². The third-order valence-corrected chi connectivity index (χ3v) is 2.23. The van der Waals surface area contributed by atoms with Gasteiger partial charge in [-0.25, -0.2) is 0 Å². The topological polar surface area (TPSA) is 0 Å². The van der Waals surface area contributed by atoms with Crippen molar-refractivity contribution < 1.29 is 0 Å². The summed E-state index contributed by atoms with van der Waals surface area (Å²) in [6, 6.07) is 0. The van der Waals surface area contributed by atoms with Crippen molar-refractivity contribution in [3.05, 3.63) is 6.42 Å². The summed E-state index contributed by atoms with van der Waals surface area (Å²) in [5, 5.41) is 0. The largest absolute Gasteiger partial charge is 0.0530 e. The van der Waals surface area contributed by atoms with E-state index >= 15 is 0 Å². The SMILES string of the molecule is [CH]1C2CCCCC12. The molecule has 2 atom stereocenters. The van der Waals surface area contributed by atoms with Crippen LogP contribution < -0.4 is 0 Å². The summed E-state index contributed by atoms with van der Waals surface area (Å²) in [4.78, 5) is 0. The third-order valence-electron chi connectivity index (χ3n) is 2.23. The van der Waals surface area contributed by atoms with E-state index in [0.717, 1.165) is 11.8 Å². The summed E-state index contributed by atoms with van der Waals surface area (Å²) in [6.45, 7) is 0. The first-order valence-corrected chi connectivity index (χ1v) is 3.32. The van der Waals surface area contributed by atoms with Crippen molar-refractivity contribution in [1.29, 1.82) is 0 Å². The Morgan fingerprint density at radius 2 is 1.57 bits per heavy atom. The van der Waals surface area contributed by atoms with Crippen molar-refractivity contribution >= 4 is 0 Å². The first kappa shape index (κ1) is 3.94. The first-order valence-electron chi connectivity index (χ1n) is 3.32. The highest BCUT2D eigenvalue weighted by Crippen LogP contribution is 2.47. The fourth-order valence-corrected chi connectivity index (χ4v) is 1.63. The molecule has 0 heteroatoms. The van der Waals surface area contributed by atoms with Gasteiger partial charge in [-0.1, -0.05) is 12.8 Å². The smallest absolute Gasteiger partial charge is 0.0318 e. The second kappa shape index (κ2) is 1.24. The van der Waals surface area contributed by atoms with E-state index in [4.69, 9.17) is 0 Å². The summed E-state index contributed by atoms with van der Waals surface area (Å²) < 4.78 is 0. The number of rotatable bonds is 0. The van der Waals surface area contributed by atoms with E-state index in [2.05, 4.69) is 6.42 Å². The lowest BCUT2D eigenvalue weighted by Gasteiger charge is -2.04. The Bertz CT molecular complexity index is 66.1. The first-order chi connectivity index (χ1) is 3.47. The van der Waals surface area contributed by atoms with E-state index < -0.39 is 0 Å². The lowest BCUT2D eigenvalue weighted by molar-refractivity contribution is 0.480. The molecule has 1 radical (unpaired) electrons. The molecule has 0 aromatic carbocycles. The van der Waals surface area contributed by atoms with Gasteiger partial charge in [0.1, 0.15) is 0 Å². The van der Waals surface area contributed by atoms with Gasteiger partial charge in [-0.15, -0.1) is 0 Å². The Morgan fingerprint density at radius 1 is 1.00 bits per heavy atom. The van der Waals surface area contributed by atoms with Crippen LogP contribution in [0.15, 0.2) is 0 Å². The molecular formula is C7H11. The molecule has 0 N–H and O–H groups in total. The Hall–Kier alpha value is 0. The van der Waals surface area contributed by atoms with E-state index in [1.165, 1.54) is 25.7 Å². The summed E-state index contributed by atoms with van der Waals surface area (Å²) in [5.41, 5.74) is 0. The molecule has 2 saturated carbocycles. The minimum atomic E-state index is 1.08. The highest BCUT2D eigenvalue weighted by atomic mass is 14.4. The van der Waals surface area contributed by atoms with Gasteiger partial charge in [-0.2, -0.15) is 0 Å². The maximum Gasteiger partial charge on any atom is -0.0318 e. The van der Waals surface area contributed by atoms with E-state index in [0.29, 0.717) is 0 Å². The summed E-state index contributed by atoms with van der Waals surface area (Å²) in [6.07, 6.45) is 8.51. The number of hydrogen-bond donors (Lipinski definition) is 0. The monoisotopic (exact) mass is 95.1 g/mol. The molecule has 2 aliphatic rings. The van der Waals surface area contributed by atoms with Crippen molar-refractivity contribution in [2.75, 3.05) is 0 Å². The predicted octanol–water partition coefficient (Wildman–Crippen LogP) is 2.01. The van der Waals surface area contributed by atoms with Crippen LogP contribution >= 0.6 is 0 Å². The summed E-state index contributed by atoms with van der Waals surface area (Å²) >= 11 is 0. The quantitative estimate of drug-likeness (QED) is 0.431. The van der Waals surface area contributed by atoms with Gasteiger partial charge < -0.3 is 0 Å². The molecule has 7 heavy (non-hydrogen) atoms. The fourth-order valence-electron chi connectivity index (χ4n) is 1.63. The lowest BCUT2D eigenvalue weighted by atomic mass is 10.0. The molecule has 0 aromatic rings. The molecular weight excluding hydrogens is 84.1 g/mol. The van der Waals surface area contributed by atoms with Gasteiger partial charge in [0.05, 0.1) is 0 Å². The maximum absolute atomic E-state index is 2.51. The highest BCUT2D eigenvalue weighted by Gasteiger charge is 2.38. The average molecular weight is 95.2 g/mol. The van der Waals surface area contributed by atoms with Gasteiger partial charge in [-0.3, -0.25) is 0 Å². The van der Waals surface area contributed by atoms with Gasteiger partial charge in [0.25, 0.3) is 0 Å². The van der Waals surface area contributed by atoms with Crippen molar-refractivity contribution in [3.63, 3.8) is 0 Å². The van der Waals surface area contributed by atoms with Crippen LogP contribution in [0.3, 0.4) is 0 Å². The van der Waals surface area contributed by atoms with Crippen LogP contribution in [0.4, 0.5) is 0 Å². The van der Waals surface area contributed by atoms with Crippen molar-refractivity contribution in [2.45, 2.75) is 25.7 Å². The van der Waals surface area contributed by atoms with Gasteiger partial charge in [0.2, 0.25) is 0 Å². The Labute approximate surface area is 44.9 Å². The van der Waals surface area contributed by atoms with Crippen LogP contribution in [0.2, 0.25) is 0 Å². The fraction of sp³-hybridized carbons (Fsp3) is 0.857. The van der Waals surface area contributed by atoms with E-state index in [-0.39, 0.29) is 0 Å². The highest BCUT2D eigenvalue weighted by molar-refractivity contribution is 5.06. The van der Waals surface area contributed by atoms with Crippen LogP contribution in [-0.4, -0.2) is 0 Å². The van der Waals surface area contributed by atoms with Crippen LogP contribution in [0.25, 0.3) is 0 Å². The average Bonchev–Trinajstić information content (AvgIpc) is 2.41. The molecule has 39 valence electrons. The van der Waals surface area contributed by atoms with Crippen LogP contribution in [0.5, 0.6) is 0 Å². The minimum absolute atomic E-state index is 1.08. The molecule has 2 unspecified atom stereocenters. The van der Waals surface area contributed by atoms with E-state index in [9.17, 15) is 0 Å². The second-order valence-corrected chi connectivity index (χ2v) is 2.80. The van der Waals surface area contributed by atoms with Crippen molar-refractivity contribution in [1.82, 2.24) is 0 Å². The van der Waals surface area contributed by atoms with Gasteiger partial charge >= 0.3 is 0 Å². The molecule has 0 bridgehead atoms. The molecule has 2 fully saturated rings. The molecule has 0 heterocycles. The lowest BCUT2D eigenvalue weighted by Crippen LogP contribution is -1.91. The molecule has 0 nitrogen and oxygen atoms in total. The van der Waals surface area contributed by atoms with Gasteiger partial charge in [0, 0.05) is 0 Å². The molecule has 0 aromatic heterocycles. The zero-order valence-corrected chi connectivity index (χ0v) is 4.56. The number of hydrogen-bond acceptors (Lipinski definition) is 0. The Morgan fingerprint density at radius 3 is 2.00 bits per heavy atom. The summed E-state index contributed by atoms with van der Waals surface area (Å²) in [7, 11) is 0. The van der Waals surface area contributed by atoms with E-state index in [1.807, 2.05) is 0 Å². The second-order valence-electron chi connectivity index (χ2n) is 2.80. The zero-order chi connectivity index (χ0) is 4.69. The molecule has 0 saturated heterocycles. The predicted molar refractivity (Wildman–Crippen MR) is 29.7 cm³/mol. The van der Waals surface area contributed by atoms with Crippen LogP contribution in [0, 0.1) is 18.3 Å². The number of fused-ring (bicyclic) bond motifs is 1. The maximum atomic E-state index is 2.51. The normalized spacial score (nSPS) is 48.0. The molecule has 0 amide bonds. The van der Waals surface area contributed by atoms with Crippen molar-refractivity contribution in [2.24, 2.45) is 11.8 Å².